The summed E-state index contributed by atoms with van der Waals surface area (Å²) in [7, 11) is 0. The first kappa shape index (κ1) is 22.4. The number of esters is 2. The first-order valence-electron chi connectivity index (χ1n) is 8.94. The molecule has 6 nitrogen and oxygen atoms in total. The molecule has 6 heteroatoms. The molecule has 27 heavy (non-hydrogen) atoms. The van der Waals surface area contributed by atoms with Crippen LogP contribution in [0.3, 0.4) is 0 Å². The van der Waals surface area contributed by atoms with Crippen LogP contribution < -0.4 is 5.32 Å². The summed E-state index contributed by atoms with van der Waals surface area (Å²) in [6, 6.07) is 9.33. The Kier molecular flexibility index (Phi) is 8.72. The minimum Gasteiger partial charge on any atom is -0.461 e. The van der Waals surface area contributed by atoms with Gasteiger partial charge in [0.25, 0.3) is 0 Å². The predicted molar refractivity (Wildman–Crippen MR) is 103 cm³/mol. The van der Waals surface area contributed by atoms with Crippen molar-refractivity contribution in [3.8, 4) is 0 Å². The van der Waals surface area contributed by atoms with Crippen molar-refractivity contribution in [1.29, 1.82) is 0 Å². The summed E-state index contributed by atoms with van der Waals surface area (Å²) in [6.07, 6.45) is -0.0507. The highest BCUT2D eigenvalue weighted by Gasteiger charge is 2.19. The quantitative estimate of drug-likeness (QED) is 0.557. The SMILES string of the molecule is CC(C)=C(CC(=O)OCc1ccccc1)C(=O)NCCC(=O)OC(C)(C)C. The van der Waals surface area contributed by atoms with Gasteiger partial charge in [-0.05, 0) is 40.2 Å². The van der Waals surface area contributed by atoms with Crippen LogP contribution in [0.25, 0.3) is 0 Å². The van der Waals surface area contributed by atoms with Crippen LogP contribution >= 0.6 is 0 Å². The lowest BCUT2D eigenvalue weighted by Gasteiger charge is -2.19. The largest absolute Gasteiger partial charge is 0.461 e. The van der Waals surface area contributed by atoms with Crippen LogP contribution in [0.1, 0.15) is 53.0 Å². The second-order valence-corrected chi connectivity index (χ2v) is 7.39. The zero-order chi connectivity index (χ0) is 20.4. The molecule has 1 aromatic carbocycles. The molecule has 0 unspecified atom stereocenters. The van der Waals surface area contributed by atoms with Gasteiger partial charge in [0.1, 0.15) is 12.2 Å². The molecule has 1 aromatic rings. The number of carbonyl (C=O) groups is 3. The summed E-state index contributed by atoms with van der Waals surface area (Å²) in [5.41, 5.74) is 1.39. The molecular weight excluding hydrogens is 346 g/mol. The van der Waals surface area contributed by atoms with Crippen LogP contribution in [-0.4, -0.2) is 30.0 Å². The summed E-state index contributed by atoms with van der Waals surface area (Å²) in [4.78, 5) is 36.1. The number of allylic oxidation sites excluding steroid dienone is 1. The van der Waals surface area contributed by atoms with Crippen LogP contribution in [0.2, 0.25) is 0 Å². The third kappa shape index (κ3) is 9.58. The lowest BCUT2D eigenvalue weighted by atomic mass is 10.1. The highest BCUT2D eigenvalue weighted by atomic mass is 16.6. The zero-order valence-corrected chi connectivity index (χ0v) is 16.8. The average Bonchev–Trinajstić information content (AvgIpc) is 2.56. The van der Waals surface area contributed by atoms with E-state index in [0.29, 0.717) is 5.57 Å². The topological polar surface area (TPSA) is 81.7 Å². The number of hydrogen-bond donors (Lipinski definition) is 1. The fourth-order valence-electron chi connectivity index (χ4n) is 2.19. The second-order valence-electron chi connectivity index (χ2n) is 7.39. The number of amides is 1. The van der Waals surface area contributed by atoms with E-state index >= 15 is 0 Å². The Morgan fingerprint density at radius 1 is 1.00 bits per heavy atom. The van der Waals surface area contributed by atoms with Crippen molar-refractivity contribution < 1.29 is 23.9 Å². The number of nitrogens with one attached hydrogen (secondary N) is 1. The molecule has 0 spiro atoms. The highest BCUT2D eigenvalue weighted by molar-refractivity contribution is 5.98. The molecule has 1 amide bonds. The normalized spacial score (nSPS) is 10.7. The van der Waals surface area contributed by atoms with Crippen LogP contribution in [0.5, 0.6) is 0 Å². The molecule has 0 radical (unpaired) electrons. The van der Waals surface area contributed by atoms with E-state index in [-0.39, 0.29) is 37.9 Å². The standard InChI is InChI=1S/C21H29NO5/c1-15(2)17(13-19(24)26-14-16-9-7-6-8-10-16)20(25)22-12-11-18(23)27-21(3,4)5/h6-10H,11-14H2,1-5H3,(H,22,25). The van der Waals surface area contributed by atoms with Gasteiger partial charge in [0.2, 0.25) is 5.91 Å². The third-order valence-electron chi connectivity index (χ3n) is 3.48. The summed E-state index contributed by atoms with van der Waals surface area (Å²) >= 11 is 0. The van der Waals surface area contributed by atoms with Crippen molar-refractivity contribution in [2.24, 2.45) is 0 Å². The number of rotatable bonds is 8. The Hall–Kier alpha value is -2.63. The van der Waals surface area contributed by atoms with Crippen LogP contribution in [-0.2, 0) is 30.5 Å². The Morgan fingerprint density at radius 2 is 1.63 bits per heavy atom. The third-order valence-corrected chi connectivity index (χ3v) is 3.48. The van der Waals surface area contributed by atoms with Crippen molar-refractivity contribution in [1.82, 2.24) is 5.32 Å². The molecule has 0 aromatic heterocycles. The van der Waals surface area contributed by atoms with Crippen LogP contribution in [0.4, 0.5) is 0 Å². The number of hydrogen-bond acceptors (Lipinski definition) is 5. The lowest BCUT2D eigenvalue weighted by molar-refractivity contribution is -0.154. The Morgan fingerprint density at radius 3 is 2.19 bits per heavy atom. The molecule has 0 saturated carbocycles. The van der Waals surface area contributed by atoms with E-state index in [2.05, 4.69) is 5.32 Å². The molecular formula is C21H29NO5. The van der Waals surface area contributed by atoms with Gasteiger partial charge < -0.3 is 14.8 Å². The van der Waals surface area contributed by atoms with Gasteiger partial charge >= 0.3 is 11.9 Å². The van der Waals surface area contributed by atoms with E-state index in [1.807, 2.05) is 30.3 Å². The first-order chi connectivity index (χ1) is 12.6. The van der Waals surface area contributed by atoms with Crippen molar-refractivity contribution in [3.05, 3.63) is 47.0 Å². The Balaban J connectivity index is 2.48. The number of benzene rings is 1. The predicted octanol–water partition coefficient (Wildman–Crippen LogP) is 3.30. The van der Waals surface area contributed by atoms with Crippen LogP contribution in [0.15, 0.2) is 41.5 Å². The summed E-state index contributed by atoms with van der Waals surface area (Å²) in [6.45, 7) is 9.17. The van der Waals surface area contributed by atoms with Crippen LogP contribution in [0, 0.1) is 0 Å². The summed E-state index contributed by atoms with van der Waals surface area (Å²) in [5.74, 6) is -1.24. The molecule has 0 aliphatic rings. The van der Waals surface area contributed by atoms with Gasteiger partial charge in [0.15, 0.2) is 0 Å². The van der Waals surface area contributed by atoms with E-state index < -0.39 is 11.6 Å². The smallest absolute Gasteiger partial charge is 0.310 e. The molecule has 148 valence electrons. The fraction of sp³-hybridized carbons (Fsp3) is 0.476. The second kappa shape index (κ2) is 10.5. The first-order valence-corrected chi connectivity index (χ1v) is 8.94. The summed E-state index contributed by atoms with van der Waals surface area (Å²) < 4.78 is 10.4. The molecule has 0 heterocycles. The molecule has 0 fully saturated rings. The van der Waals surface area contributed by atoms with Gasteiger partial charge in [-0.2, -0.15) is 0 Å². The van der Waals surface area contributed by atoms with Crippen molar-refractivity contribution >= 4 is 17.8 Å². The van der Waals surface area contributed by atoms with E-state index in [1.165, 1.54) is 0 Å². The minimum atomic E-state index is -0.561. The monoisotopic (exact) mass is 375 g/mol. The van der Waals surface area contributed by atoms with E-state index in [0.717, 1.165) is 11.1 Å². The molecule has 1 rings (SSSR count). The molecule has 0 bridgehead atoms. The Labute approximate surface area is 160 Å². The average molecular weight is 375 g/mol. The van der Waals surface area contributed by atoms with Gasteiger partial charge in [-0.25, -0.2) is 0 Å². The molecule has 0 aliphatic carbocycles. The minimum absolute atomic E-state index is 0.0670. The summed E-state index contributed by atoms with van der Waals surface area (Å²) in [5, 5.41) is 2.65. The lowest BCUT2D eigenvalue weighted by Crippen LogP contribution is -2.31. The van der Waals surface area contributed by atoms with E-state index in [9.17, 15) is 14.4 Å². The van der Waals surface area contributed by atoms with E-state index in [4.69, 9.17) is 9.47 Å². The fourth-order valence-corrected chi connectivity index (χ4v) is 2.19. The highest BCUT2D eigenvalue weighted by Crippen LogP contribution is 2.12. The molecule has 1 N–H and O–H groups in total. The molecule has 0 atom stereocenters. The van der Waals surface area contributed by atoms with Gasteiger partial charge in [-0.3, -0.25) is 14.4 Å². The maximum Gasteiger partial charge on any atom is 0.310 e. The Bertz CT molecular complexity index is 682. The van der Waals surface area contributed by atoms with Gasteiger partial charge in [0, 0.05) is 12.1 Å². The number of ether oxygens (including phenoxy) is 2. The maximum absolute atomic E-state index is 12.3. The van der Waals surface area contributed by atoms with Gasteiger partial charge in [-0.15, -0.1) is 0 Å². The zero-order valence-electron chi connectivity index (χ0n) is 16.8. The van der Waals surface area contributed by atoms with Crippen molar-refractivity contribution in [2.45, 2.75) is 59.7 Å². The van der Waals surface area contributed by atoms with E-state index in [1.54, 1.807) is 34.6 Å². The number of carbonyl (C=O) groups excluding carboxylic acids is 3. The van der Waals surface area contributed by atoms with Gasteiger partial charge in [0.05, 0.1) is 12.8 Å². The van der Waals surface area contributed by atoms with Crippen molar-refractivity contribution in [3.63, 3.8) is 0 Å². The molecule has 0 saturated heterocycles. The van der Waals surface area contributed by atoms with Crippen molar-refractivity contribution in [2.75, 3.05) is 6.54 Å². The molecule has 0 aliphatic heterocycles. The van der Waals surface area contributed by atoms with Gasteiger partial charge in [-0.1, -0.05) is 35.9 Å². The maximum atomic E-state index is 12.3.